The summed E-state index contributed by atoms with van der Waals surface area (Å²) < 4.78 is 39.2. The molecule has 0 aromatic heterocycles. The molecule has 0 radical (unpaired) electrons. The van der Waals surface area contributed by atoms with Crippen LogP contribution in [0.3, 0.4) is 0 Å². The van der Waals surface area contributed by atoms with Crippen molar-refractivity contribution in [3.8, 4) is 5.75 Å². The first-order chi connectivity index (χ1) is 12.7. The van der Waals surface area contributed by atoms with E-state index in [1.807, 2.05) is 38.1 Å². The van der Waals surface area contributed by atoms with Gasteiger partial charge in [-0.25, -0.2) is 8.42 Å². The fraction of sp³-hybridized carbons (Fsp3) is 0.632. The van der Waals surface area contributed by atoms with Gasteiger partial charge >= 0.3 is 0 Å². The van der Waals surface area contributed by atoms with Gasteiger partial charge in [-0.05, 0) is 24.1 Å². The van der Waals surface area contributed by atoms with Crippen molar-refractivity contribution < 1.29 is 22.7 Å². The van der Waals surface area contributed by atoms with Gasteiger partial charge in [0.2, 0.25) is 15.9 Å². The maximum atomic E-state index is 13.2. The molecule has 0 aliphatic carbocycles. The van der Waals surface area contributed by atoms with E-state index in [9.17, 15) is 13.2 Å². The fourth-order valence-corrected chi connectivity index (χ4v) is 6.85. The van der Waals surface area contributed by atoms with E-state index in [1.165, 1.54) is 4.31 Å². The van der Waals surface area contributed by atoms with Crippen LogP contribution in [0.5, 0.6) is 5.75 Å². The summed E-state index contributed by atoms with van der Waals surface area (Å²) in [4.78, 5) is 14.3. The molecule has 3 fully saturated rings. The number of hydrogen-bond donors (Lipinski definition) is 0. The summed E-state index contributed by atoms with van der Waals surface area (Å²) in [5.41, 5.74) is 0.0944. The predicted octanol–water partition coefficient (Wildman–Crippen LogP) is 1.24. The Kier molecular flexibility index (Phi) is 4.48. The van der Waals surface area contributed by atoms with Crippen molar-refractivity contribution in [2.45, 2.75) is 43.8 Å². The van der Waals surface area contributed by atoms with E-state index in [0.29, 0.717) is 32.6 Å². The van der Waals surface area contributed by atoms with Crippen molar-refractivity contribution in [1.29, 1.82) is 0 Å². The number of methoxy groups -OCH3 is 1. The van der Waals surface area contributed by atoms with Crippen LogP contribution in [0.4, 0.5) is 0 Å². The van der Waals surface area contributed by atoms with Crippen LogP contribution in [0.1, 0.15) is 25.8 Å². The molecule has 7 nitrogen and oxygen atoms in total. The summed E-state index contributed by atoms with van der Waals surface area (Å²) >= 11 is 0. The summed E-state index contributed by atoms with van der Waals surface area (Å²) in [6, 6.07) is 7.40. The van der Waals surface area contributed by atoms with E-state index in [0.717, 1.165) is 11.3 Å². The van der Waals surface area contributed by atoms with Crippen LogP contribution in [0.15, 0.2) is 24.3 Å². The molecule has 3 saturated heterocycles. The van der Waals surface area contributed by atoms with Crippen LogP contribution in [-0.2, 0) is 26.1 Å². The number of fused-ring (bicyclic) bond motifs is 1. The second kappa shape index (κ2) is 6.46. The van der Waals surface area contributed by atoms with Gasteiger partial charge in [0.1, 0.15) is 16.6 Å². The number of hydrogen-bond acceptors (Lipinski definition) is 5. The number of nitrogens with zero attached hydrogens (tertiary/aromatic N) is 2. The van der Waals surface area contributed by atoms with E-state index in [2.05, 4.69) is 0 Å². The molecule has 3 atom stereocenters. The molecular formula is C19H26N2O5S. The average Bonchev–Trinajstić information content (AvgIpc) is 3.00. The zero-order valence-corrected chi connectivity index (χ0v) is 16.7. The van der Waals surface area contributed by atoms with Crippen molar-refractivity contribution in [3.05, 3.63) is 29.8 Å². The van der Waals surface area contributed by atoms with Gasteiger partial charge in [-0.3, -0.25) is 4.79 Å². The van der Waals surface area contributed by atoms with Crippen LogP contribution in [0.25, 0.3) is 0 Å². The van der Waals surface area contributed by atoms with Gasteiger partial charge in [0.05, 0.1) is 19.8 Å². The Balaban J connectivity index is 1.57. The molecule has 2 bridgehead atoms. The monoisotopic (exact) mass is 394 g/mol. The van der Waals surface area contributed by atoms with Gasteiger partial charge in [-0.1, -0.05) is 26.0 Å². The number of carbonyl (C=O) groups is 1. The zero-order chi connectivity index (χ0) is 19.4. The van der Waals surface area contributed by atoms with E-state index >= 15 is 0 Å². The summed E-state index contributed by atoms with van der Waals surface area (Å²) in [7, 11) is -1.87. The molecule has 3 aliphatic rings. The molecule has 3 aliphatic heterocycles. The van der Waals surface area contributed by atoms with Gasteiger partial charge in [-0.15, -0.1) is 0 Å². The third kappa shape index (κ3) is 3.03. The highest BCUT2D eigenvalue weighted by Crippen LogP contribution is 2.47. The van der Waals surface area contributed by atoms with Gasteiger partial charge < -0.3 is 14.4 Å². The molecule has 1 amide bonds. The molecule has 0 saturated carbocycles. The highest BCUT2D eigenvalue weighted by molar-refractivity contribution is 7.90. The minimum atomic E-state index is -3.47. The summed E-state index contributed by atoms with van der Waals surface area (Å²) in [5.74, 6) is 0.694. The first-order valence-electron chi connectivity index (χ1n) is 9.34. The minimum Gasteiger partial charge on any atom is -0.497 e. The lowest BCUT2D eigenvalue weighted by Crippen LogP contribution is -2.57. The topological polar surface area (TPSA) is 76.2 Å². The third-order valence-corrected chi connectivity index (χ3v) is 8.15. The number of benzene rings is 1. The molecule has 0 unspecified atom stereocenters. The largest absolute Gasteiger partial charge is 0.497 e. The fourth-order valence-electron chi connectivity index (χ4n) is 4.56. The Morgan fingerprint density at radius 1 is 1.30 bits per heavy atom. The first kappa shape index (κ1) is 18.7. The smallest absolute Gasteiger partial charge is 0.225 e. The Morgan fingerprint density at radius 3 is 2.63 bits per heavy atom. The summed E-state index contributed by atoms with van der Waals surface area (Å²) in [5, 5.41) is -0.571. The third-order valence-electron chi connectivity index (χ3n) is 5.83. The molecule has 27 heavy (non-hydrogen) atoms. The van der Waals surface area contributed by atoms with Crippen molar-refractivity contribution in [2.75, 3.05) is 26.7 Å². The normalized spacial score (nSPS) is 31.9. The number of likely N-dealkylation sites (tertiary alicyclic amines) is 1. The predicted molar refractivity (Wildman–Crippen MR) is 99.8 cm³/mol. The second-order valence-electron chi connectivity index (χ2n) is 8.06. The van der Waals surface area contributed by atoms with Crippen molar-refractivity contribution in [2.24, 2.45) is 5.92 Å². The molecule has 0 N–H and O–H groups in total. The van der Waals surface area contributed by atoms with Crippen molar-refractivity contribution >= 4 is 15.9 Å². The molecule has 1 aromatic carbocycles. The van der Waals surface area contributed by atoms with Gasteiger partial charge in [-0.2, -0.15) is 4.31 Å². The lowest BCUT2D eigenvalue weighted by atomic mass is 9.98. The number of ether oxygens (including phenoxy) is 2. The molecule has 148 valence electrons. The second-order valence-corrected chi connectivity index (χ2v) is 10.2. The highest BCUT2D eigenvalue weighted by atomic mass is 32.2. The van der Waals surface area contributed by atoms with Gasteiger partial charge in [0, 0.05) is 25.6 Å². The zero-order valence-electron chi connectivity index (χ0n) is 15.9. The molecule has 1 aromatic rings. The number of carbonyl (C=O) groups excluding carboxylic acids is 1. The van der Waals surface area contributed by atoms with Crippen LogP contribution < -0.4 is 4.74 Å². The molecule has 3 heterocycles. The van der Waals surface area contributed by atoms with Crippen LogP contribution >= 0.6 is 0 Å². The Hall–Kier alpha value is -1.64. The van der Waals surface area contributed by atoms with E-state index in [4.69, 9.17) is 9.47 Å². The Labute approximate surface area is 160 Å². The standard InChI is InChI=1S/C19H26N2O5S/c1-13(2)18(22)20-10-16-8-17-19(11-20,26-16)12-21(27(17,23)24)9-14-4-6-15(25-3)7-5-14/h4-7,13,16-17H,8-12H2,1-3H3/t16-,17+,19+/m0/s1. The maximum absolute atomic E-state index is 13.2. The van der Waals surface area contributed by atoms with Gasteiger partial charge in [0.15, 0.2) is 0 Å². The first-order valence-corrected chi connectivity index (χ1v) is 10.8. The van der Waals surface area contributed by atoms with Crippen molar-refractivity contribution in [3.63, 3.8) is 0 Å². The Bertz CT molecular complexity index is 838. The highest BCUT2D eigenvalue weighted by Gasteiger charge is 2.65. The average molecular weight is 394 g/mol. The van der Waals surface area contributed by atoms with Gasteiger partial charge in [0.25, 0.3) is 0 Å². The van der Waals surface area contributed by atoms with E-state index < -0.39 is 20.9 Å². The molecule has 8 heteroatoms. The number of rotatable bonds is 4. The van der Waals surface area contributed by atoms with E-state index in [1.54, 1.807) is 12.0 Å². The lowest BCUT2D eigenvalue weighted by molar-refractivity contribution is -0.153. The molecular weight excluding hydrogens is 368 g/mol. The van der Waals surface area contributed by atoms with Crippen LogP contribution in [-0.4, -0.2) is 67.2 Å². The quantitative estimate of drug-likeness (QED) is 0.768. The summed E-state index contributed by atoms with van der Waals surface area (Å²) in [6.07, 6.45) is 0.271. The summed E-state index contributed by atoms with van der Waals surface area (Å²) in [6.45, 7) is 5.18. The maximum Gasteiger partial charge on any atom is 0.225 e. The minimum absolute atomic E-state index is 0.0642. The number of amides is 1. The van der Waals surface area contributed by atoms with E-state index in [-0.39, 0.29) is 17.9 Å². The van der Waals surface area contributed by atoms with Crippen molar-refractivity contribution in [1.82, 2.24) is 9.21 Å². The molecule has 1 spiro atoms. The molecule has 4 rings (SSSR count). The van der Waals surface area contributed by atoms with Crippen LogP contribution in [0.2, 0.25) is 0 Å². The number of morpholine rings is 1. The Morgan fingerprint density at radius 2 is 2.00 bits per heavy atom. The lowest BCUT2D eigenvalue weighted by Gasteiger charge is -2.40. The SMILES string of the molecule is COc1ccc(CN2C[C@]34CN(C(=O)C(C)C)C[C@H](C[C@H]3S2(=O)=O)O4)cc1. The number of sulfonamides is 1. The van der Waals surface area contributed by atoms with Crippen LogP contribution in [0, 0.1) is 5.92 Å².